The molecule has 0 bridgehead atoms. The fraction of sp³-hybridized carbons (Fsp3) is 0.300. The van der Waals surface area contributed by atoms with E-state index in [-0.39, 0.29) is 18.3 Å². The van der Waals surface area contributed by atoms with Crippen LogP contribution in [-0.4, -0.2) is 19.0 Å². The number of benzene rings is 1. The van der Waals surface area contributed by atoms with E-state index in [9.17, 15) is 9.18 Å². The fourth-order valence-corrected chi connectivity index (χ4v) is 1.29. The van der Waals surface area contributed by atoms with Gasteiger partial charge >= 0.3 is 0 Å². The van der Waals surface area contributed by atoms with Crippen molar-refractivity contribution >= 4 is 34.2 Å². The Morgan fingerprint density at radius 3 is 2.75 bits per heavy atom. The Labute approximate surface area is 108 Å². The van der Waals surface area contributed by atoms with Gasteiger partial charge in [-0.2, -0.15) is 0 Å². The quantitative estimate of drug-likeness (QED) is 0.837. The molecule has 0 radical (unpaired) electrons. The summed E-state index contributed by atoms with van der Waals surface area (Å²) in [5.74, 6) is -0.726. The van der Waals surface area contributed by atoms with Crippen molar-refractivity contribution in [2.75, 3.05) is 13.1 Å². The molecule has 90 valence electrons. The second-order valence-electron chi connectivity index (χ2n) is 3.03. The van der Waals surface area contributed by atoms with E-state index in [4.69, 9.17) is 5.73 Å². The summed E-state index contributed by atoms with van der Waals surface area (Å²) in [6.07, 6.45) is 0.713. The lowest BCUT2D eigenvalue weighted by Crippen LogP contribution is -2.26. The highest BCUT2D eigenvalue weighted by molar-refractivity contribution is 9.10. The number of carbonyl (C=O) groups is 1. The Morgan fingerprint density at radius 1 is 1.50 bits per heavy atom. The first-order valence-corrected chi connectivity index (χ1v) is 5.37. The van der Waals surface area contributed by atoms with Gasteiger partial charge in [-0.1, -0.05) is 0 Å². The average molecular weight is 312 g/mol. The lowest BCUT2D eigenvalue weighted by Gasteiger charge is -2.04. The van der Waals surface area contributed by atoms with E-state index < -0.39 is 5.82 Å². The summed E-state index contributed by atoms with van der Waals surface area (Å²) in [6.45, 7) is 1.03. The molecule has 0 unspecified atom stereocenters. The van der Waals surface area contributed by atoms with Crippen LogP contribution in [-0.2, 0) is 0 Å². The number of nitrogens with two attached hydrogens (primary N) is 1. The van der Waals surface area contributed by atoms with Crippen molar-refractivity contribution in [3.05, 3.63) is 34.1 Å². The SMILES string of the molecule is Cl.NCCCNC(=O)c1ccc(Br)c(F)c1. The van der Waals surface area contributed by atoms with Gasteiger partial charge in [0.15, 0.2) is 0 Å². The molecule has 3 nitrogen and oxygen atoms in total. The first kappa shape index (κ1) is 15.3. The van der Waals surface area contributed by atoms with E-state index in [1.165, 1.54) is 12.1 Å². The Bertz CT molecular complexity index is 363. The Kier molecular flexibility index (Phi) is 7.29. The lowest BCUT2D eigenvalue weighted by atomic mass is 10.2. The molecular formula is C10H13BrClFN2O. The van der Waals surface area contributed by atoms with Crippen LogP contribution < -0.4 is 11.1 Å². The third-order valence-corrected chi connectivity index (χ3v) is 2.49. The fourth-order valence-electron chi connectivity index (χ4n) is 1.04. The molecule has 0 fully saturated rings. The molecule has 0 atom stereocenters. The second kappa shape index (κ2) is 7.60. The first-order valence-electron chi connectivity index (χ1n) is 4.58. The van der Waals surface area contributed by atoms with Crippen LogP contribution in [0.3, 0.4) is 0 Å². The van der Waals surface area contributed by atoms with Gasteiger partial charge in [0.2, 0.25) is 0 Å². The summed E-state index contributed by atoms with van der Waals surface area (Å²) in [4.78, 5) is 11.4. The minimum Gasteiger partial charge on any atom is -0.352 e. The molecule has 0 aliphatic rings. The van der Waals surface area contributed by atoms with Crippen LogP contribution in [0.15, 0.2) is 22.7 Å². The highest BCUT2D eigenvalue weighted by atomic mass is 79.9. The van der Waals surface area contributed by atoms with E-state index >= 15 is 0 Å². The smallest absolute Gasteiger partial charge is 0.251 e. The van der Waals surface area contributed by atoms with E-state index in [2.05, 4.69) is 21.2 Å². The number of hydrogen-bond donors (Lipinski definition) is 2. The van der Waals surface area contributed by atoms with Gasteiger partial charge in [0.05, 0.1) is 4.47 Å². The van der Waals surface area contributed by atoms with E-state index in [0.29, 0.717) is 29.5 Å². The van der Waals surface area contributed by atoms with Crippen molar-refractivity contribution < 1.29 is 9.18 Å². The highest BCUT2D eigenvalue weighted by Crippen LogP contribution is 2.16. The molecule has 0 spiro atoms. The summed E-state index contributed by atoms with van der Waals surface area (Å²) in [6, 6.07) is 4.26. The summed E-state index contributed by atoms with van der Waals surface area (Å²) < 4.78 is 13.4. The Morgan fingerprint density at radius 2 is 2.19 bits per heavy atom. The molecule has 3 N–H and O–H groups in total. The van der Waals surface area contributed by atoms with Gasteiger partial charge in [-0.25, -0.2) is 4.39 Å². The van der Waals surface area contributed by atoms with Crippen LogP contribution in [0.1, 0.15) is 16.8 Å². The zero-order valence-electron chi connectivity index (χ0n) is 8.50. The molecule has 6 heteroatoms. The number of amides is 1. The summed E-state index contributed by atoms with van der Waals surface area (Å²) in [5, 5.41) is 2.65. The van der Waals surface area contributed by atoms with Crippen molar-refractivity contribution in [3.8, 4) is 0 Å². The van der Waals surface area contributed by atoms with Gasteiger partial charge < -0.3 is 11.1 Å². The lowest BCUT2D eigenvalue weighted by molar-refractivity contribution is 0.0953. The number of rotatable bonds is 4. The summed E-state index contributed by atoms with van der Waals surface area (Å²) in [5.41, 5.74) is 5.59. The number of halogens is 3. The molecule has 0 aliphatic carbocycles. The van der Waals surface area contributed by atoms with Crippen LogP contribution in [0.4, 0.5) is 4.39 Å². The molecule has 1 aromatic carbocycles. The molecule has 1 aromatic rings. The van der Waals surface area contributed by atoms with Crippen LogP contribution in [0.25, 0.3) is 0 Å². The molecule has 0 aromatic heterocycles. The van der Waals surface area contributed by atoms with Gasteiger partial charge in [0, 0.05) is 12.1 Å². The molecule has 0 heterocycles. The van der Waals surface area contributed by atoms with Crippen molar-refractivity contribution in [2.45, 2.75) is 6.42 Å². The van der Waals surface area contributed by atoms with Crippen molar-refractivity contribution in [2.24, 2.45) is 5.73 Å². The molecule has 0 saturated heterocycles. The molecule has 0 aliphatic heterocycles. The van der Waals surface area contributed by atoms with E-state index in [1.807, 2.05) is 0 Å². The molecule has 1 amide bonds. The maximum atomic E-state index is 13.1. The zero-order valence-corrected chi connectivity index (χ0v) is 10.9. The topological polar surface area (TPSA) is 55.1 Å². The number of carbonyl (C=O) groups excluding carboxylic acids is 1. The predicted octanol–water partition coefficient (Wildman–Crippen LogP) is 2.09. The largest absolute Gasteiger partial charge is 0.352 e. The zero-order chi connectivity index (χ0) is 11.3. The van der Waals surface area contributed by atoms with Crippen LogP contribution in [0.5, 0.6) is 0 Å². The minimum absolute atomic E-state index is 0. The maximum absolute atomic E-state index is 13.1. The highest BCUT2D eigenvalue weighted by Gasteiger charge is 2.07. The summed E-state index contributed by atoms with van der Waals surface area (Å²) >= 11 is 3.02. The normalized spacial score (nSPS) is 9.44. The van der Waals surface area contributed by atoms with Crippen molar-refractivity contribution in [3.63, 3.8) is 0 Å². The Balaban J connectivity index is 0.00000225. The van der Waals surface area contributed by atoms with Gasteiger partial charge in [0.25, 0.3) is 5.91 Å². The maximum Gasteiger partial charge on any atom is 0.251 e. The monoisotopic (exact) mass is 310 g/mol. The number of hydrogen-bond acceptors (Lipinski definition) is 2. The number of nitrogens with one attached hydrogen (secondary N) is 1. The van der Waals surface area contributed by atoms with Crippen LogP contribution >= 0.6 is 28.3 Å². The second-order valence-corrected chi connectivity index (χ2v) is 3.88. The third kappa shape index (κ3) is 4.47. The van der Waals surface area contributed by atoms with Crippen molar-refractivity contribution in [1.82, 2.24) is 5.32 Å². The van der Waals surface area contributed by atoms with Gasteiger partial charge in [0.1, 0.15) is 5.82 Å². The molecule has 0 saturated carbocycles. The van der Waals surface area contributed by atoms with Gasteiger partial charge in [-0.15, -0.1) is 12.4 Å². The summed E-state index contributed by atoms with van der Waals surface area (Å²) in [7, 11) is 0. The van der Waals surface area contributed by atoms with E-state index in [1.54, 1.807) is 6.07 Å². The molecule has 16 heavy (non-hydrogen) atoms. The molecule has 1 rings (SSSR count). The van der Waals surface area contributed by atoms with Gasteiger partial charge in [-0.3, -0.25) is 4.79 Å². The molecular weight excluding hydrogens is 298 g/mol. The van der Waals surface area contributed by atoms with Gasteiger partial charge in [-0.05, 0) is 47.1 Å². The Hall–Kier alpha value is -0.650. The van der Waals surface area contributed by atoms with E-state index in [0.717, 1.165) is 0 Å². The third-order valence-electron chi connectivity index (χ3n) is 1.85. The predicted molar refractivity (Wildman–Crippen MR) is 67.4 cm³/mol. The first-order chi connectivity index (χ1) is 7.15. The standard InChI is InChI=1S/C10H12BrFN2O.ClH/c11-8-3-2-7(6-9(8)12)10(15)14-5-1-4-13;/h2-3,6H,1,4-5,13H2,(H,14,15);1H. The van der Waals surface area contributed by atoms with Crippen LogP contribution in [0.2, 0.25) is 0 Å². The average Bonchev–Trinajstić information content (AvgIpc) is 2.22. The minimum atomic E-state index is -0.443. The van der Waals surface area contributed by atoms with Crippen molar-refractivity contribution in [1.29, 1.82) is 0 Å². The van der Waals surface area contributed by atoms with Crippen LogP contribution in [0, 0.1) is 5.82 Å².